The van der Waals surface area contributed by atoms with E-state index < -0.39 is 5.41 Å². The van der Waals surface area contributed by atoms with Gasteiger partial charge in [-0.25, -0.2) is 4.98 Å². The third-order valence-electron chi connectivity index (χ3n) is 4.65. The fourth-order valence-electron chi connectivity index (χ4n) is 2.91. The molecule has 1 saturated heterocycles. The lowest BCUT2D eigenvalue weighted by Gasteiger charge is -2.35. The monoisotopic (exact) mass is 444 g/mol. The molecule has 1 aliphatic rings. The summed E-state index contributed by atoms with van der Waals surface area (Å²) in [4.78, 5) is 33.2. The van der Waals surface area contributed by atoms with Crippen molar-refractivity contribution in [1.29, 1.82) is 0 Å². The number of aromatic nitrogens is 1. The fraction of sp³-hybridized carbons (Fsp3) is 0.381. The van der Waals surface area contributed by atoms with Gasteiger partial charge in [0.2, 0.25) is 5.91 Å². The molecule has 0 unspecified atom stereocenters. The second kappa shape index (κ2) is 8.31. The van der Waals surface area contributed by atoms with E-state index in [1.807, 2.05) is 62.1 Å². The van der Waals surface area contributed by atoms with Crippen LogP contribution in [0.2, 0.25) is 0 Å². The van der Waals surface area contributed by atoms with Crippen molar-refractivity contribution >= 4 is 39.2 Å². The van der Waals surface area contributed by atoms with Gasteiger partial charge in [-0.2, -0.15) is 0 Å². The summed E-state index contributed by atoms with van der Waals surface area (Å²) < 4.78 is 0.903. The molecule has 7 heteroatoms. The van der Waals surface area contributed by atoms with Crippen LogP contribution in [0.25, 0.3) is 0 Å². The summed E-state index contributed by atoms with van der Waals surface area (Å²) in [6.07, 6.45) is 1.68. The Labute approximate surface area is 174 Å². The number of nitrogens with one attached hydrogen (secondary N) is 1. The van der Waals surface area contributed by atoms with E-state index in [0.29, 0.717) is 24.3 Å². The van der Waals surface area contributed by atoms with E-state index in [9.17, 15) is 9.59 Å². The summed E-state index contributed by atoms with van der Waals surface area (Å²) in [5, 5.41) is 2.88. The topological polar surface area (TPSA) is 65.5 Å². The summed E-state index contributed by atoms with van der Waals surface area (Å²) in [5.74, 6) is 0.860. The third-order valence-corrected chi connectivity index (χ3v) is 5.14. The zero-order valence-electron chi connectivity index (χ0n) is 16.4. The van der Waals surface area contributed by atoms with Gasteiger partial charge in [0.25, 0.3) is 5.91 Å². The van der Waals surface area contributed by atoms with Crippen LogP contribution in [0, 0.1) is 5.41 Å². The first kappa shape index (κ1) is 20.3. The highest BCUT2D eigenvalue weighted by atomic mass is 79.9. The van der Waals surface area contributed by atoms with Crippen molar-refractivity contribution in [1.82, 2.24) is 9.88 Å². The number of pyridine rings is 1. The standard InChI is InChI=1S/C21H25BrN4O2/c1-21(2,3)20(28)24-17-7-8-18(23-14-17)25-9-11-26(12-10-25)19(27)15-5-4-6-16(22)13-15/h4-8,13-14H,9-12H2,1-3H3,(H,24,28). The van der Waals surface area contributed by atoms with E-state index in [0.717, 1.165) is 23.4 Å². The number of carbonyl (C=O) groups is 2. The summed E-state index contributed by atoms with van der Waals surface area (Å²) in [7, 11) is 0. The van der Waals surface area contributed by atoms with Gasteiger partial charge in [-0.15, -0.1) is 0 Å². The van der Waals surface area contributed by atoms with Gasteiger partial charge in [-0.05, 0) is 30.3 Å². The van der Waals surface area contributed by atoms with Crippen LogP contribution in [-0.4, -0.2) is 47.9 Å². The maximum Gasteiger partial charge on any atom is 0.254 e. The van der Waals surface area contributed by atoms with Crippen LogP contribution in [-0.2, 0) is 4.79 Å². The van der Waals surface area contributed by atoms with Gasteiger partial charge >= 0.3 is 0 Å². The second-order valence-electron chi connectivity index (χ2n) is 7.90. The van der Waals surface area contributed by atoms with E-state index in [2.05, 4.69) is 31.1 Å². The normalized spacial score (nSPS) is 14.7. The predicted octanol–water partition coefficient (Wildman–Crippen LogP) is 3.79. The third kappa shape index (κ3) is 4.90. The van der Waals surface area contributed by atoms with E-state index in [4.69, 9.17) is 0 Å². The number of rotatable bonds is 3. The van der Waals surface area contributed by atoms with Crippen molar-refractivity contribution in [2.45, 2.75) is 20.8 Å². The van der Waals surface area contributed by atoms with Gasteiger partial charge in [0.1, 0.15) is 5.82 Å². The molecule has 2 amide bonds. The Morgan fingerprint density at radius 3 is 2.36 bits per heavy atom. The maximum atomic E-state index is 12.7. The number of hydrogen-bond donors (Lipinski definition) is 1. The van der Waals surface area contributed by atoms with Crippen LogP contribution in [0.4, 0.5) is 11.5 Å². The maximum absolute atomic E-state index is 12.7. The quantitative estimate of drug-likeness (QED) is 0.781. The first-order valence-corrected chi connectivity index (χ1v) is 10.1. The molecule has 1 aliphatic heterocycles. The molecule has 3 rings (SSSR count). The Balaban J connectivity index is 1.57. The molecule has 0 bridgehead atoms. The van der Waals surface area contributed by atoms with Gasteiger partial charge in [0, 0.05) is 41.6 Å². The Kier molecular flexibility index (Phi) is 6.03. The molecule has 1 aromatic heterocycles. The summed E-state index contributed by atoms with van der Waals surface area (Å²) in [5.41, 5.74) is 0.933. The van der Waals surface area contributed by atoms with Crippen LogP contribution in [0.5, 0.6) is 0 Å². The SMILES string of the molecule is CC(C)(C)C(=O)Nc1ccc(N2CCN(C(=O)c3cccc(Br)c3)CC2)nc1. The number of benzene rings is 1. The molecule has 2 heterocycles. The zero-order valence-corrected chi connectivity index (χ0v) is 18.0. The number of halogens is 1. The lowest BCUT2D eigenvalue weighted by Crippen LogP contribution is -2.49. The van der Waals surface area contributed by atoms with Crippen LogP contribution >= 0.6 is 15.9 Å². The lowest BCUT2D eigenvalue weighted by molar-refractivity contribution is -0.123. The largest absolute Gasteiger partial charge is 0.353 e. The molecule has 1 fully saturated rings. The molecule has 28 heavy (non-hydrogen) atoms. The van der Waals surface area contributed by atoms with Gasteiger partial charge in [-0.3, -0.25) is 9.59 Å². The number of anilines is 2. The Hall–Kier alpha value is -2.41. The molecular weight excluding hydrogens is 420 g/mol. The van der Waals surface area contributed by atoms with Crippen molar-refractivity contribution in [3.63, 3.8) is 0 Å². The van der Waals surface area contributed by atoms with E-state index in [1.165, 1.54) is 0 Å². The minimum atomic E-state index is -0.449. The van der Waals surface area contributed by atoms with Crippen LogP contribution < -0.4 is 10.2 Å². The van der Waals surface area contributed by atoms with Crippen molar-refractivity contribution in [2.75, 3.05) is 36.4 Å². The molecule has 0 saturated carbocycles. The predicted molar refractivity (Wildman–Crippen MR) is 115 cm³/mol. The first-order chi connectivity index (χ1) is 13.2. The lowest BCUT2D eigenvalue weighted by atomic mass is 9.96. The molecule has 6 nitrogen and oxygen atoms in total. The molecule has 0 spiro atoms. The minimum absolute atomic E-state index is 0.0401. The smallest absolute Gasteiger partial charge is 0.254 e. The summed E-state index contributed by atoms with van der Waals surface area (Å²) in [6, 6.07) is 11.2. The van der Waals surface area contributed by atoms with E-state index in [-0.39, 0.29) is 11.8 Å². The zero-order chi connectivity index (χ0) is 20.3. The molecule has 2 aromatic rings. The average Bonchev–Trinajstić information content (AvgIpc) is 2.67. The highest BCUT2D eigenvalue weighted by molar-refractivity contribution is 9.10. The summed E-state index contributed by atoms with van der Waals surface area (Å²) >= 11 is 3.41. The van der Waals surface area contributed by atoms with Gasteiger partial charge in [-0.1, -0.05) is 42.8 Å². The van der Waals surface area contributed by atoms with Crippen molar-refractivity contribution < 1.29 is 9.59 Å². The van der Waals surface area contributed by atoms with Crippen LogP contribution in [0.15, 0.2) is 47.1 Å². The van der Waals surface area contributed by atoms with Gasteiger partial charge in [0.15, 0.2) is 0 Å². The molecule has 0 atom stereocenters. The highest BCUT2D eigenvalue weighted by Gasteiger charge is 2.24. The minimum Gasteiger partial charge on any atom is -0.353 e. The Morgan fingerprint density at radius 1 is 1.07 bits per heavy atom. The number of carbonyl (C=O) groups excluding carboxylic acids is 2. The number of nitrogens with zero attached hydrogens (tertiary/aromatic N) is 3. The van der Waals surface area contributed by atoms with Crippen molar-refractivity contribution in [3.8, 4) is 0 Å². The molecule has 1 aromatic carbocycles. The van der Waals surface area contributed by atoms with Crippen molar-refractivity contribution in [3.05, 3.63) is 52.6 Å². The number of hydrogen-bond acceptors (Lipinski definition) is 4. The Morgan fingerprint density at radius 2 is 1.79 bits per heavy atom. The molecule has 0 radical (unpaired) electrons. The van der Waals surface area contributed by atoms with E-state index in [1.54, 1.807) is 6.20 Å². The fourth-order valence-corrected chi connectivity index (χ4v) is 3.31. The molecule has 0 aliphatic carbocycles. The van der Waals surface area contributed by atoms with Crippen molar-refractivity contribution in [2.24, 2.45) is 5.41 Å². The van der Waals surface area contributed by atoms with Crippen LogP contribution in [0.1, 0.15) is 31.1 Å². The van der Waals surface area contributed by atoms with E-state index >= 15 is 0 Å². The van der Waals surface area contributed by atoms with Gasteiger partial charge < -0.3 is 15.1 Å². The first-order valence-electron chi connectivity index (χ1n) is 9.31. The molecule has 148 valence electrons. The Bertz CT molecular complexity index is 853. The second-order valence-corrected chi connectivity index (χ2v) is 8.81. The van der Waals surface area contributed by atoms with Gasteiger partial charge in [0.05, 0.1) is 11.9 Å². The summed E-state index contributed by atoms with van der Waals surface area (Å²) in [6.45, 7) is 8.36. The van der Waals surface area contributed by atoms with Crippen LogP contribution in [0.3, 0.4) is 0 Å². The number of amides is 2. The molecular formula is C21H25BrN4O2. The highest BCUT2D eigenvalue weighted by Crippen LogP contribution is 2.20. The average molecular weight is 445 g/mol. The molecule has 1 N–H and O–H groups in total. The number of piperazine rings is 1.